The molecule has 0 fully saturated rings. The van der Waals surface area contributed by atoms with Crippen molar-refractivity contribution in [3.8, 4) is 11.6 Å². The molecule has 0 bridgehead atoms. The normalized spacial score (nSPS) is 10.6. The lowest BCUT2D eigenvalue weighted by Gasteiger charge is -2.09. The highest BCUT2D eigenvalue weighted by atomic mass is 16.5. The molecule has 4 rings (SSSR count). The van der Waals surface area contributed by atoms with E-state index in [1.165, 1.54) is 0 Å². The topological polar surface area (TPSA) is 53.3 Å². The Balaban J connectivity index is 1.50. The number of esters is 1. The van der Waals surface area contributed by atoms with Gasteiger partial charge in [-0.25, -0.2) is 9.48 Å². The van der Waals surface area contributed by atoms with E-state index in [9.17, 15) is 4.79 Å². The molecule has 5 nitrogen and oxygen atoms in total. The molecule has 0 N–H and O–H groups in total. The average Bonchev–Trinajstić information content (AvgIpc) is 3.16. The monoisotopic (exact) mass is 412 g/mol. The fraction of sp³-hybridized carbons (Fsp3) is 0.154. The lowest BCUT2D eigenvalue weighted by atomic mass is 10.1. The fourth-order valence-corrected chi connectivity index (χ4v) is 3.19. The van der Waals surface area contributed by atoms with Gasteiger partial charge >= 0.3 is 5.97 Å². The highest BCUT2D eigenvalue weighted by Crippen LogP contribution is 2.19. The summed E-state index contributed by atoms with van der Waals surface area (Å²) in [5.41, 5.74) is 3.56. The maximum Gasteiger partial charge on any atom is 0.344 e. The van der Waals surface area contributed by atoms with Crippen molar-refractivity contribution in [1.82, 2.24) is 9.78 Å². The molecule has 3 aromatic carbocycles. The Hall–Kier alpha value is -3.86. The standard InChI is InChI=1S/C26H24N2O3/c1-20-12-14-22(15-13-20)26(29)31-25-19-23(18-21-8-4-2-5-9-21)27-28(25)16-17-30-24-10-6-3-7-11-24/h2-15,19H,16-18H2,1H3. The predicted molar refractivity (Wildman–Crippen MR) is 120 cm³/mol. The molecule has 0 saturated heterocycles. The average molecular weight is 412 g/mol. The SMILES string of the molecule is Cc1ccc(C(=O)Oc2cc(Cc3ccccc3)nn2CCOc2ccccc2)cc1. The zero-order valence-electron chi connectivity index (χ0n) is 17.4. The third-order valence-electron chi connectivity index (χ3n) is 4.82. The van der Waals surface area contributed by atoms with Gasteiger partial charge in [0.2, 0.25) is 5.88 Å². The Kier molecular flexibility index (Phi) is 6.43. The minimum atomic E-state index is -0.406. The van der Waals surface area contributed by atoms with E-state index in [0.29, 0.717) is 31.0 Å². The molecular formula is C26H24N2O3. The van der Waals surface area contributed by atoms with Gasteiger partial charge in [0.1, 0.15) is 12.4 Å². The molecule has 156 valence electrons. The van der Waals surface area contributed by atoms with Crippen molar-refractivity contribution in [2.75, 3.05) is 6.61 Å². The Bertz CT molecular complexity index is 1120. The van der Waals surface area contributed by atoms with Gasteiger partial charge in [-0.3, -0.25) is 0 Å². The van der Waals surface area contributed by atoms with Crippen molar-refractivity contribution in [1.29, 1.82) is 0 Å². The number of aryl methyl sites for hydroxylation is 1. The predicted octanol–water partition coefficient (Wildman–Crippen LogP) is 5.08. The molecular weight excluding hydrogens is 388 g/mol. The van der Waals surface area contributed by atoms with Gasteiger partial charge in [-0.15, -0.1) is 0 Å². The molecule has 0 aliphatic rings. The second-order valence-electron chi connectivity index (χ2n) is 7.28. The van der Waals surface area contributed by atoms with Gasteiger partial charge in [0.05, 0.1) is 17.8 Å². The Morgan fingerprint density at radius 1 is 0.903 bits per heavy atom. The first-order valence-corrected chi connectivity index (χ1v) is 10.2. The fourth-order valence-electron chi connectivity index (χ4n) is 3.19. The molecule has 0 unspecified atom stereocenters. The minimum absolute atomic E-state index is 0.406. The Labute approximate surface area is 181 Å². The van der Waals surface area contributed by atoms with Crippen molar-refractivity contribution in [3.63, 3.8) is 0 Å². The van der Waals surface area contributed by atoms with Gasteiger partial charge in [0.15, 0.2) is 0 Å². The molecule has 0 amide bonds. The van der Waals surface area contributed by atoms with E-state index in [0.717, 1.165) is 22.6 Å². The van der Waals surface area contributed by atoms with Crippen molar-refractivity contribution < 1.29 is 14.3 Å². The van der Waals surface area contributed by atoms with Crippen LogP contribution in [0, 0.1) is 6.92 Å². The molecule has 31 heavy (non-hydrogen) atoms. The van der Waals surface area contributed by atoms with Crippen LogP contribution in [0.1, 0.15) is 27.2 Å². The second kappa shape index (κ2) is 9.76. The highest BCUT2D eigenvalue weighted by Gasteiger charge is 2.15. The van der Waals surface area contributed by atoms with Crippen molar-refractivity contribution in [2.45, 2.75) is 19.9 Å². The smallest absolute Gasteiger partial charge is 0.344 e. The van der Waals surface area contributed by atoms with Gasteiger partial charge in [0, 0.05) is 12.5 Å². The molecule has 1 aromatic heterocycles. The van der Waals surface area contributed by atoms with Crippen LogP contribution < -0.4 is 9.47 Å². The van der Waals surface area contributed by atoms with E-state index in [1.54, 1.807) is 16.8 Å². The lowest BCUT2D eigenvalue weighted by molar-refractivity contribution is 0.0716. The summed E-state index contributed by atoms with van der Waals surface area (Å²) in [6.07, 6.45) is 0.655. The Morgan fingerprint density at radius 3 is 2.29 bits per heavy atom. The zero-order chi connectivity index (χ0) is 21.5. The summed E-state index contributed by atoms with van der Waals surface area (Å²) in [5.74, 6) is 0.793. The number of ether oxygens (including phenoxy) is 2. The van der Waals surface area contributed by atoms with E-state index >= 15 is 0 Å². The molecule has 0 atom stereocenters. The van der Waals surface area contributed by atoms with Crippen LogP contribution in [0.15, 0.2) is 91.0 Å². The van der Waals surface area contributed by atoms with Crippen LogP contribution in [0.5, 0.6) is 11.6 Å². The first kappa shape index (κ1) is 20.4. The third-order valence-corrected chi connectivity index (χ3v) is 4.82. The first-order chi connectivity index (χ1) is 15.2. The minimum Gasteiger partial charge on any atom is -0.492 e. The largest absolute Gasteiger partial charge is 0.492 e. The van der Waals surface area contributed by atoms with E-state index in [4.69, 9.17) is 9.47 Å². The lowest BCUT2D eigenvalue weighted by Crippen LogP contribution is -2.15. The number of rotatable bonds is 8. The number of hydrogen-bond acceptors (Lipinski definition) is 4. The van der Waals surface area contributed by atoms with Crippen LogP contribution in [-0.4, -0.2) is 22.4 Å². The van der Waals surface area contributed by atoms with Gasteiger partial charge in [-0.05, 0) is 36.8 Å². The molecule has 0 aliphatic heterocycles. The van der Waals surface area contributed by atoms with Crippen LogP contribution in [0.25, 0.3) is 0 Å². The molecule has 4 aromatic rings. The number of para-hydroxylation sites is 1. The number of aromatic nitrogens is 2. The summed E-state index contributed by atoms with van der Waals surface area (Å²) >= 11 is 0. The van der Waals surface area contributed by atoms with E-state index in [-0.39, 0.29) is 0 Å². The number of nitrogens with zero attached hydrogens (tertiary/aromatic N) is 2. The van der Waals surface area contributed by atoms with Crippen molar-refractivity contribution in [3.05, 3.63) is 113 Å². The van der Waals surface area contributed by atoms with Crippen molar-refractivity contribution >= 4 is 5.97 Å². The Morgan fingerprint density at radius 2 is 1.58 bits per heavy atom. The number of carbonyl (C=O) groups excluding carboxylic acids is 1. The van der Waals surface area contributed by atoms with E-state index < -0.39 is 5.97 Å². The zero-order valence-corrected chi connectivity index (χ0v) is 17.4. The van der Waals surface area contributed by atoms with Crippen LogP contribution in [0.2, 0.25) is 0 Å². The molecule has 0 spiro atoms. The van der Waals surface area contributed by atoms with E-state index in [1.807, 2.05) is 73.7 Å². The molecule has 5 heteroatoms. The van der Waals surface area contributed by atoms with Gasteiger partial charge < -0.3 is 9.47 Å². The van der Waals surface area contributed by atoms with Crippen LogP contribution in [0.4, 0.5) is 0 Å². The molecule has 0 radical (unpaired) electrons. The van der Waals surface area contributed by atoms with Crippen molar-refractivity contribution in [2.24, 2.45) is 0 Å². The van der Waals surface area contributed by atoms with Gasteiger partial charge in [0.25, 0.3) is 0 Å². The summed E-state index contributed by atoms with van der Waals surface area (Å²) in [4.78, 5) is 12.6. The van der Waals surface area contributed by atoms with Gasteiger partial charge in [-0.2, -0.15) is 5.10 Å². The summed E-state index contributed by atoms with van der Waals surface area (Å²) in [7, 11) is 0. The third kappa shape index (κ3) is 5.60. The maximum atomic E-state index is 12.6. The molecule has 0 aliphatic carbocycles. The number of benzene rings is 3. The second-order valence-corrected chi connectivity index (χ2v) is 7.28. The number of carbonyl (C=O) groups is 1. The van der Waals surface area contributed by atoms with E-state index in [2.05, 4.69) is 17.2 Å². The highest BCUT2D eigenvalue weighted by molar-refractivity contribution is 5.90. The molecule has 0 saturated carbocycles. The summed E-state index contributed by atoms with van der Waals surface area (Å²) in [6.45, 7) is 2.85. The number of hydrogen-bond donors (Lipinski definition) is 0. The maximum absolute atomic E-state index is 12.6. The molecule has 1 heterocycles. The van der Waals surface area contributed by atoms with Crippen LogP contribution >= 0.6 is 0 Å². The first-order valence-electron chi connectivity index (χ1n) is 10.2. The van der Waals surface area contributed by atoms with Crippen LogP contribution in [0.3, 0.4) is 0 Å². The summed E-state index contributed by atoms with van der Waals surface area (Å²) < 4.78 is 13.2. The summed E-state index contributed by atoms with van der Waals surface area (Å²) in [6, 6.07) is 28.8. The summed E-state index contributed by atoms with van der Waals surface area (Å²) in [5, 5.41) is 4.66. The quantitative estimate of drug-likeness (QED) is 0.379. The van der Waals surface area contributed by atoms with Crippen LogP contribution in [-0.2, 0) is 13.0 Å². The van der Waals surface area contributed by atoms with Gasteiger partial charge in [-0.1, -0.05) is 66.2 Å².